The molecule has 0 unspecified atom stereocenters. The zero-order chi connectivity index (χ0) is 16.6. The van der Waals surface area contributed by atoms with E-state index < -0.39 is 10.0 Å². The number of hydrogen-bond acceptors (Lipinski definition) is 4. The molecule has 1 aliphatic heterocycles. The van der Waals surface area contributed by atoms with E-state index in [2.05, 4.69) is 11.6 Å². The second kappa shape index (κ2) is 6.05. The number of nitrogens with one attached hydrogen (secondary N) is 1. The van der Waals surface area contributed by atoms with Gasteiger partial charge in [0.2, 0.25) is 10.0 Å². The van der Waals surface area contributed by atoms with E-state index in [1.54, 1.807) is 24.3 Å². The highest BCUT2D eigenvalue weighted by Crippen LogP contribution is 2.33. The number of hydrogen-bond donors (Lipinski definition) is 1. The fourth-order valence-corrected chi connectivity index (χ4v) is 4.74. The smallest absolute Gasteiger partial charge is 0.261 e. The molecule has 2 aliphatic rings. The van der Waals surface area contributed by atoms with Gasteiger partial charge in [0.25, 0.3) is 11.8 Å². The highest BCUT2D eigenvalue weighted by molar-refractivity contribution is 7.89. The van der Waals surface area contributed by atoms with Gasteiger partial charge in [-0.25, -0.2) is 13.1 Å². The third-order valence-electron chi connectivity index (χ3n) is 4.46. The number of amides is 2. The maximum Gasteiger partial charge on any atom is 0.261 e. The van der Waals surface area contributed by atoms with E-state index in [1.807, 2.05) is 0 Å². The molecule has 3 rings (SSSR count). The van der Waals surface area contributed by atoms with Crippen LogP contribution in [-0.2, 0) is 10.0 Å². The zero-order valence-electron chi connectivity index (χ0n) is 13.0. The Hall–Kier alpha value is -1.73. The van der Waals surface area contributed by atoms with Crippen molar-refractivity contribution in [2.45, 2.75) is 19.8 Å². The highest BCUT2D eigenvalue weighted by Gasteiger charge is 2.35. The third kappa shape index (κ3) is 3.30. The predicted molar refractivity (Wildman–Crippen MR) is 85.5 cm³/mol. The topological polar surface area (TPSA) is 83.6 Å². The van der Waals surface area contributed by atoms with Crippen molar-refractivity contribution >= 4 is 21.8 Å². The lowest BCUT2D eigenvalue weighted by Crippen LogP contribution is -2.40. The molecule has 1 aromatic rings. The van der Waals surface area contributed by atoms with Crippen molar-refractivity contribution in [3.63, 3.8) is 0 Å². The summed E-state index contributed by atoms with van der Waals surface area (Å²) in [7, 11) is -3.36. The number of sulfonamides is 1. The van der Waals surface area contributed by atoms with Gasteiger partial charge in [0, 0.05) is 13.1 Å². The normalized spacial score (nSPS) is 23.8. The van der Waals surface area contributed by atoms with Crippen LogP contribution in [0.25, 0.3) is 0 Å². The Morgan fingerprint density at radius 3 is 2.22 bits per heavy atom. The van der Waals surface area contributed by atoms with E-state index in [0.717, 1.165) is 17.7 Å². The summed E-state index contributed by atoms with van der Waals surface area (Å²) in [5.74, 6) is 0.227. The number of carbonyl (C=O) groups is 2. The Morgan fingerprint density at radius 1 is 1.13 bits per heavy atom. The summed E-state index contributed by atoms with van der Waals surface area (Å²) in [5.41, 5.74) is 0.757. The molecule has 23 heavy (non-hydrogen) atoms. The molecule has 7 heteroatoms. The van der Waals surface area contributed by atoms with Crippen molar-refractivity contribution in [2.24, 2.45) is 11.8 Å². The van der Waals surface area contributed by atoms with E-state index in [9.17, 15) is 18.0 Å². The Kier molecular flexibility index (Phi) is 4.25. The number of fused-ring (bicyclic) bond motifs is 1. The second-order valence-electron chi connectivity index (χ2n) is 6.43. The van der Waals surface area contributed by atoms with Crippen LogP contribution in [0.2, 0.25) is 0 Å². The lowest BCUT2D eigenvalue weighted by atomic mass is 9.77. The first-order valence-corrected chi connectivity index (χ1v) is 9.45. The quantitative estimate of drug-likeness (QED) is 0.793. The first-order valence-electron chi connectivity index (χ1n) is 7.80. The molecule has 1 aliphatic carbocycles. The number of benzene rings is 1. The van der Waals surface area contributed by atoms with Gasteiger partial charge >= 0.3 is 0 Å². The molecule has 0 aromatic heterocycles. The van der Waals surface area contributed by atoms with Gasteiger partial charge in [0.15, 0.2) is 0 Å². The Balaban J connectivity index is 1.53. The molecule has 1 saturated carbocycles. The maximum absolute atomic E-state index is 12.2. The predicted octanol–water partition coefficient (Wildman–Crippen LogP) is 1.25. The van der Waals surface area contributed by atoms with E-state index in [-0.39, 0.29) is 36.6 Å². The largest absolute Gasteiger partial charge is 0.273 e. The van der Waals surface area contributed by atoms with Crippen LogP contribution in [0, 0.1) is 11.8 Å². The average Bonchev–Trinajstić information content (AvgIpc) is 2.71. The van der Waals surface area contributed by atoms with Crippen LogP contribution < -0.4 is 4.72 Å². The molecule has 0 spiro atoms. The van der Waals surface area contributed by atoms with Crippen LogP contribution in [0.15, 0.2) is 24.3 Å². The van der Waals surface area contributed by atoms with Crippen LogP contribution in [0.4, 0.5) is 0 Å². The summed E-state index contributed by atoms with van der Waals surface area (Å²) < 4.78 is 26.5. The molecule has 1 heterocycles. The molecular formula is C16H20N2O4S. The first kappa shape index (κ1) is 16.1. The molecule has 1 N–H and O–H groups in total. The van der Waals surface area contributed by atoms with E-state index in [1.165, 1.54) is 0 Å². The summed E-state index contributed by atoms with van der Waals surface area (Å²) >= 11 is 0. The third-order valence-corrected chi connectivity index (χ3v) is 6.02. The molecule has 6 nitrogen and oxygen atoms in total. The van der Waals surface area contributed by atoms with Crippen LogP contribution >= 0.6 is 0 Å². The number of nitrogens with zero attached hydrogens (tertiary/aromatic N) is 1. The lowest BCUT2D eigenvalue weighted by molar-refractivity contribution is 0.0657. The van der Waals surface area contributed by atoms with Gasteiger partial charge in [-0.2, -0.15) is 0 Å². The molecule has 1 aromatic carbocycles. The SMILES string of the molecule is CC1CC(CS(=O)(=O)NCCN2C(=O)c3ccccc3C2=O)C1. The molecule has 124 valence electrons. The van der Waals surface area contributed by atoms with Crippen molar-refractivity contribution < 1.29 is 18.0 Å². The van der Waals surface area contributed by atoms with Gasteiger partial charge in [-0.3, -0.25) is 14.5 Å². The second-order valence-corrected chi connectivity index (χ2v) is 8.28. The fraction of sp³-hybridized carbons (Fsp3) is 0.500. The Bertz CT molecular complexity index is 703. The van der Waals surface area contributed by atoms with Crippen molar-refractivity contribution in [1.82, 2.24) is 9.62 Å². The Labute approximate surface area is 135 Å². The van der Waals surface area contributed by atoms with Crippen molar-refractivity contribution in [1.29, 1.82) is 0 Å². The lowest BCUT2D eigenvalue weighted by Gasteiger charge is -2.32. The molecule has 1 fully saturated rings. The van der Waals surface area contributed by atoms with Gasteiger partial charge in [0.05, 0.1) is 16.9 Å². The first-order chi connectivity index (χ1) is 10.9. The summed E-state index contributed by atoms with van der Waals surface area (Å²) in [5, 5.41) is 0. The van der Waals surface area contributed by atoms with Gasteiger partial charge in [0.1, 0.15) is 0 Å². The van der Waals surface area contributed by atoms with Crippen LogP contribution in [0.5, 0.6) is 0 Å². The standard InChI is InChI=1S/C16H20N2O4S/c1-11-8-12(9-11)10-23(21,22)17-6-7-18-15(19)13-4-2-3-5-14(13)16(18)20/h2-5,11-12,17H,6-10H2,1H3. The molecule has 2 amide bonds. The van der Waals surface area contributed by atoms with Crippen molar-refractivity contribution in [3.8, 4) is 0 Å². The molecule has 0 saturated heterocycles. The Morgan fingerprint density at radius 2 is 1.70 bits per heavy atom. The highest BCUT2D eigenvalue weighted by atomic mass is 32.2. The van der Waals surface area contributed by atoms with E-state index in [0.29, 0.717) is 17.0 Å². The summed E-state index contributed by atoms with van der Waals surface area (Å²) in [6.45, 7) is 2.21. The molecule has 0 bridgehead atoms. The summed E-state index contributed by atoms with van der Waals surface area (Å²) in [6.07, 6.45) is 1.89. The summed E-state index contributed by atoms with van der Waals surface area (Å²) in [6, 6.07) is 6.63. The van der Waals surface area contributed by atoms with E-state index >= 15 is 0 Å². The molecule has 0 radical (unpaired) electrons. The monoisotopic (exact) mass is 336 g/mol. The van der Waals surface area contributed by atoms with Crippen LogP contribution in [0.1, 0.15) is 40.5 Å². The van der Waals surface area contributed by atoms with Gasteiger partial charge < -0.3 is 0 Å². The molecular weight excluding hydrogens is 316 g/mol. The minimum Gasteiger partial charge on any atom is -0.273 e. The van der Waals surface area contributed by atoms with Crippen LogP contribution in [0.3, 0.4) is 0 Å². The average molecular weight is 336 g/mol. The van der Waals surface area contributed by atoms with E-state index in [4.69, 9.17) is 0 Å². The maximum atomic E-state index is 12.2. The minimum atomic E-state index is -3.36. The van der Waals surface area contributed by atoms with Gasteiger partial charge in [-0.15, -0.1) is 0 Å². The fourth-order valence-electron chi connectivity index (χ4n) is 3.33. The van der Waals surface area contributed by atoms with Gasteiger partial charge in [-0.1, -0.05) is 19.1 Å². The van der Waals surface area contributed by atoms with Crippen molar-refractivity contribution in [2.75, 3.05) is 18.8 Å². The van der Waals surface area contributed by atoms with Gasteiger partial charge in [-0.05, 0) is 36.8 Å². The summed E-state index contributed by atoms with van der Waals surface area (Å²) in [4.78, 5) is 25.4. The van der Waals surface area contributed by atoms with Crippen LogP contribution in [-0.4, -0.2) is 44.0 Å². The number of imide groups is 1. The minimum absolute atomic E-state index is 0.0483. The zero-order valence-corrected chi connectivity index (χ0v) is 13.8. The van der Waals surface area contributed by atoms with Crippen molar-refractivity contribution in [3.05, 3.63) is 35.4 Å². The number of rotatable bonds is 6. The molecule has 0 atom stereocenters. The number of carbonyl (C=O) groups excluding carboxylic acids is 2.